The Kier molecular flexibility index (Phi) is 12.8. The van der Waals surface area contributed by atoms with Gasteiger partial charge in [-0.05, 0) is 150 Å². The fourth-order valence-corrected chi connectivity index (χ4v) is 14.3. The van der Waals surface area contributed by atoms with Crippen molar-refractivity contribution in [1.82, 2.24) is 0 Å². The lowest BCUT2D eigenvalue weighted by Crippen LogP contribution is -2.15. The molecule has 13 aromatic carbocycles. The number of hydrogen-bond acceptors (Lipinski definition) is 3. The van der Waals surface area contributed by atoms with Crippen LogP contribution in [0.3, 0.4) is 0 Å². The first-order valence-electron chi connectivity index (χ1n) is 29.0. The third kappa shape index (κ3) is 9.07. The molecule has 0 atom stereocenters. The first-order valence-corrected chi connectivity index (χ1v) is 29.8. The molecule has 0 aliphatic heterocycles. The van der Waals surface area contributed by atoms with Crippen LogP contribution in [-0.4, -0.2) is 0 Å². The van der Waals surface area contributed by atoms with Crippen molar-refractivity contribution in [3.05, 3.63) is 327 Å². The van der Waals surface area contributed by atoms with Crippen LogP contribution in [0.15, 0.2) is 315 Å². The summed E-state index contributed by atoms with van der Waals surface area (Å²) in [6.45, 7) is 4.85. The van der Waals surface area contributed by atoms with Gasteiger partial charge < -0.3 is 9.80 Å². The van der Waals surface area contributed by atoms with Crippen LogP contribution in [0.25, 0.3) is 98.1 Å². The standard InChI is InChI=1S/C81H58N2S/c1-81(2)74-54-66(61-42-51-70(52-43-61)83(76-31-17-27-63-23-13-15-29-72(63)76)68-47-38-59(39-48-68)56-20-8-4-9-21-56)44-53-73(74)77-78(81)80(64-24-10-5-11-25-64)84-79(77)65-34-32-57(33-35-65)60-40-49-69(50-41-60)82(75-30-16-26-62-22-12-14-28-71(62)75)67-45-36-58(37-46-67)55-18-6-3-7-19-55/h3-54H,1-2H3. The Morgan fingerprint density at radius 3 is 1.04 bits per heavy atom. The molecule has 1 heterocycles. The topological polar surface area (TPSA) is 6.48 Å². The lowest BCUT2D eigenvalue weighted by Gasteiger charge is -2.27. The Morgan fingerprint density at radius 1 is 0.274 bits per heavy atom. The van der Waals surface area contributed by atoms with Gasteiger partial charge in [-0.25, -0.2) is 0 Å². The second-order valence-corrected chi connectivity index (χ2v) is 23.4. The minimum absolute atomic E-state index is 0.247. The van der Waals surface area contributed by atoms with E-state index in [0.29, 0.717) is 0 Å². The number of nitrogens with zero attached hydrogens (tertiary/aromatic N) is 2. The molecular formula is C81H58N2S. The molecule has 0 saturated carbocycles. The summed E-state index contributed by atoms with van der Waals surface area (Å²) in [6, 6.07) is 115. The summed E-state index contributed by atoms with van der Waals surface area (Å²) in [6.07, 6.45) is 0. The molecule has 0 radical (unpaired) electrons. The van der Waals surface area contributed by atoms with E-state index in [2.05, 4.69) is 339 Å². The molecule has 0 fully saturated rings. The van der Waals surface area contributed by atoms with Gasteiger partial charge in [0.05, 0.1) is 11.4 Å². The fraction of sp³-hybridized carbons (Fsp3) is 0.0370. The molecule has 0 bridgehead atoms. The van der Waals surface area contributed by atoms with Crippen molar-refractivity contribution >= 4 is 67.0 Å². The third-order valence-electron chi connectivity index (χ3n) is 17.1. The van der Waals surface area contributed by atoms with E-state index in [1.165, 1.54) is 109 Å². The van der Waals surface area contributed by atoms with Crippen LogP contribution in [0, 0.1) is 0 Å². The Balaban J connectivity index is 0.757. The fourth-order valence-electron chi connectivity index (χ4n) is 12.8. The second kappa shape index (κ2) is 21.2. The maximum atomic E-state index is 2.46. The van der Waals surface area contributed by atoms with Crippen molar-refractivity contribution < 1.29 is 0 Å². The Morgan fingerprint density at radius 2 is 0.595 bits per heavy atom. The van der Waals surface area contributed by atoms with E-state index in [4.69, 9.17) is 0 Å². The molecule has 0 amide bonds. The van der Waals surface area contributed by atoms with Gasteiger partial charge in [0.2, 0.25) is 0 Å². The van der Waals surface area contributed by atoms with Crippen LogP contribution in [-0.2, 0) is 5.41 Å². The highest BCUT2D eigenvalue weighted by Crippen LogP contribution is 2.60. The Labute approximate surface area is 496 Å². The van der Waals surface area contributed by atoms with Crippen molar-refractivity contribution in [3.63, 3.8) is 0 Å². The normalized spacial score (nSPS) is 12.3. The lowest BCUT2D eigenvalue weighted by atomic mass is 9.80. The molecule has 0 unspecified atom stereocenters. The number of rotatable bonds is 12. The predicted octanol–water partition coefficient (Wildman–Crippen LogP) is 23.3. The van der Waals surface area contributed by atoms with Crippen molar-refractivity contribution in [1.29, 1.82) is 0 Å². The van der Waals surface area contributed by atoms with Crippen LogP contribution in [0.1, 0.15) is 25.0 Å². The quantitative estimate of drug-likeness (QED) is 0.120. The zero-order valence-corrected chi connectivity index (χ0v) is 47.6. The highest BCUT2D eigenvalue weighted by atomic mass is 32.1. The highest BCUT2D eigenvalue weighted by Gasteiger charge is 2.41. The van der Waals surface area contributed by atoms with Crippen molar-refractivity contribution in [2.75, 3.05) is 9.80 Å². The van der Waals surface area contributed by atoms with Crippen LogP contribution >= 0.6 is 11.3 Å². The highest BCUT2D eigenvalue weighted by molar-refractivity contribution is 7.19. The molecule has 0 N–H and O–H groups in total. The molecule has 14 aromatic rings. The number of benzene rings is 13. The second-order valence-electron chi connectivity index (χ2n) is 22.4. The monoisotopic (exact) mass is 1090 g/mol. The molecular weight excluding hydrogens is 1030 g/mol. The number of thiophene rings is 1. The lowest BCUT2D eigenvalue weighted by molar-refractivity contribution is 0.664. The maximum Gasteiger partial charge on any atom is 0.0540 e. The zero-order chi connectivity index (χ0) is 56.1. The minimum atomic E-state index is -0.247. The van der Waals surface area contributed by atoms with E-state index in [9.17, 15) is 0 Å². The van der Waals surface area contributed by atoms with Gasteiger partial charge in [0.25, 0.3) is 0 Å². The molecule has 15 rings (SSSR count). The molecule has 84 heavy (non-hydrogen) atoms. The maximum absolute atomic E-state index is 2.46. The van der Waals surface area contributed by atoms with Crippen LogP contribution in [0.2, 0.25) is 0 Å². The van der Waals surface area contributed by atoms with E-state index in [-0.39, 0.29) is 5.41 Å². The Hall–Kier alpha value is -10.3. The zero-order valence-electron chi connectivity index (χ0n) is 46.8. The molecule has 2 nitrogen and oxygen atoms in total. The number of hydrogen-bond donors (Lipinski definition) is 0. The Bertz CT molecular complexity index is 4670. The summed E-state index contributed by atoms with van der Waals surface area (Å²) < 4.78 is 0. The minimum Gasteiger partial charge on any atom is -0.310 e. The van der Waals surface area contributed by atoms with Gasteiger partial charge in [-0.15, -0.1) is 11.3 Å². The average Bonchev–Trinajstić information content (AvgIpc) is 2.12. The first kappa shape index (κ1) is 50.6. The molecule has 1 aromatic heterocycles. The van der Waals surface area contributed by atoms with Crippen molar-refractivity contribution in [2.24, 2.45) is 0 Å². The molecule has 398 valence electrons. The molecule has 0 spiro atoms. The van der Waals surface area contributed by atoms with Gasteiger partial charge in [0, 0.05) is 54.3 Å². The molecule has 3 heteroatoms. The first-order chi connectivity index (χ1) is 41.4. The number of fused-ring (bicyclic) bond motifs is 5. The van der Waals surface area contributed by atoms with E-state index in [0.717, 1.165) is 34.1 Å². The summed E-state index contributed by atoms with van der Waals surface area (Å²) >= 11 is 1.93. The summed E-state index contributed by atoms with van der Waals surface area (Å²) in [5.41, 5.74) is 24.0. The summed E-state index contributed by atoms with van der Waals surface area (Å²) in [5, 5.41) is 4.85. The van der Waals surface area contributed by atoms with Gasteiger partial charge in [0.15, 0.2) is 0 Å². The molecule has 1 aliphatic carbocycles. The SMILES string of the molecule is CC1(C)c2cc(-c3ccc(N(c4ccc(-c5ccccc5)cc4)c4cccc5ccccc45)cc3)ccc2-c2c(-c3ccc(-c4ccc(N(c5ccc(-c6ccccc6)cc5)c5cccc6ccccc56)cc4)cc3)sc(-c3ccccc3)c21. The smallest absolute Gasteiger partial charge is 0.0540 e. The van der Waals surface area contributed by atoms with Gasteiger partial charge in [-0.3, -0.25) is 0 Å². The van der Waals surface area contributed by atoms with Gasteiger partial charge in [0.1, 0.15) is 0 Å². The largest absolute Gasteiger partial charge is 0.310 e. The van der Waals surface area contributed by atoms with E-state index in [1.807, 2.05) is 11.3 Å². The summed E-state index contributed by atoms with van der Waals surface area (Å²) in [7, 11) is 0. The predicted molar refractivity (Wildman–Crippen MR) is 359 cm³/mol. The summed E-state index contributed by atoms with van der Waals surface area (Å²) in [5.74, 6) is 0. The van der Waals surface area contributed by atoms with E-state index >= 15 is 0 Å². The van der Waals surface area contributed by atoms with Crippen molar-refractivity contribution in [2.45, 2.75) is 19.3 Å². The third-order valence-corrected chi connectivity index (χ3v) is 18.4. The van der Waals surface area contributed by atoms with Gasteiger partial charge >= 0.3 is 0 Å². The average molecular weight is 1090 g/mol. The van der Waals surface area contributed by atoms with Crippen LogP contribution in [0.4, 0.5) is 34.1 Å². The van der Waals surface area contributed by atoms with Crippen molar-refractivity contribution in [3.8, 4) is 76.5 Å². The number of anilines is 6. The van der Waals surface area contributed by atoms with Crippen LogP contribution < -0.4 is 9.80 Å². The summed E-state index contributed by atoms with van der Waals surface area (Å²) in [4.78, 5) is 7.43. The van der Waals surface area contributed by atoms with Crippen LogP contribution in [0.5, 0.6) is 0 Å². The molecule has 1 aliphatic rings. The van der Waals surface area contributed by atoms with Gasteiger partial charge in [-0.2, -0.15) is 0 Å². The molecule has 0 saturated heterocycles. The van der Waals surface area contributed by atoms with E-state index in [1.54, 1.807) is 0 Å². The van der Waals surface area contributed by atoms with Gasteiger partial charge in [-0.1, -0.05) is 263 Å². The van der Waals surface area contributed by atoms with E-state index < -0.39 is 0 Å².